The Bertz CT molecular complexity index is 633. The van der Waals surface area contributed by atoms with Crippen molar-refractivity contribution in [2.75, 3.05) is 7.11 Å². The van der Waals surface area contributed by atoms with E-state index in [9.17, 15) is 5.11 Å². The Hall–Kier alpha value is -1.67. The fourth-order valence-corrected chi connectivity index (χ4v) is 2.34. The SMILES string of the molecule is COc1ccc(C(C)C)cc1-c1cc(Cl)c(C)cc1O. The fraction of sp³-hybridized carbons (Fsp3) is 0.294. The van der Waals surface area contributed by atoms with Gasteiger partial charge >= 0.3 is 0 Å². The molecule has 3 heteroatoms. The second kappa shape index (κ2) is 5.76. The van der Waals surface area contributed by atoms with Crippen LogP contribution in [0.1, 0.15) is 30.9 Å². The van der Waals surface area contributed by atoms with Crippen molar-refractivity contribution >= 4 is 11.6 Å². The van der Waals surface area contributed by atoms with E-state index in [1.165, 1.54) is 5.56 Å². The van der Waals surface area contributed by atoms with Gasteiger partial charge in [0.15, 0.2) is 0 Å². The number of hydrogen-bond acceptors (Lipinski definition) is 2. The van der Waals surface area contributed by atoms with Crippen LogP contribution in [-0.4, -0.2) is 12.2 Å². The molecule has 0 heterocycles. The van der Waals surface area contributed by atoms with Crippen LogP contribution >= 0.6 is 11.6 Å². The molecule has 0 bridgehead atoms. The molecule has 0 aromatic heterocycles. The number of aryl methyl sites for hydroxylation is 1. The summed E-state index contributed by atoms with van der Waals surface area (Å²) in [5.74, 6) is 1.35. The van der Waals surface area contributed by atoms with Crippen molar-refractivity contribution in [3.8, 4) is 22.6 Å². The first-order valence-electron chi connectivity index (χ1n) is 6.61. The fourth-order valence-electron chi connectivity index (χ4n) is 2.18. The predicted molar refractivity (Wildman–Crippen MR) is 83.9 cm³/mol. The standard InChI is InChI=1S/C17H19ClO2/c1-10(2)12-5-6-17(20-4)14(8-12)13-9-15(18)11(3)7-16(13)19/h5-10,19H,1-4H3. The molecule has 0 aliphatic rings. The predicted octanol–water partition coefficient (Wildman–Crippen LogP) is 5.15. The van der Waals surface area contributed by atoms with Crippen molar-refractivity contribution in [2.45, 2.75) is 26.7 Å². The maximum atomic E-state index is 10.2. The number of phenols is 1. The van der Waals surface area contributed by atoms with E-state index in [-0.39, 0.29) is 5.75 Å². The van der Waals surface area contributed by atoms with E-state index in [2.05, 4.69) is 13.8 Å². The number of aromatic hydroxyl groups is 1. The van der Waals surface area contributed by atoms with Crippen LogP contribution in [0.3, 0.4) is 0 Å². The summed E-state index contributed by atoms with van der Waals surface area (Å²) in [7, 11) is 1.63. The van der Waals surface area contributed by atoms with E-state index >= 15 is 0 Å². The highest BCUT2D eigenvalue weighted by Crippen LogP contribution is 2.40. The number of halogens is 1. The van der Waals surface area contributed by atoms with Crippen molar-refractivity contribution in [2.24, 2.45) is 0 Å². The molecular weight excluding hydrogens is 272 g/mol. The quantitative estimate of drug-likeness (QED) is 0.847. The van der Waals surface area contributed by atoms with Gasteiger partial charge in [-0.25, -0.2) is 0 Å². The highest BCUT2D eigenvalue weighted by molar-refractivity contribution is 6.31. The molecule has 106 valence electrons. The lowest BCUT2D eigenvalue weighted by Gasteiger charge is -2.15. The summed E-state index contributed by atoms with van der Waals surface area (Å²) in [4.78, 5) is 0. The van der Waals surface area contributed by atoms with Crippen molar-refractivity contribution < 1.29 is 9.84 Å². The molecule has 0 spiro atoms. The molecule has 2 aromatic rings. The van der Waals surface area contributed by atoms with Crippen LogP contribution in [0.5, 0.6) is 11.5 Å². The summed E-state index contributed by atoms with van der Waals surface area (Å²) in [5, 5.41) is 10.8. The second-order valence-corrected chi connectivity index (χ2v) is 5.64. The van der Waals surface area contributed by atoms with Gasteiger partial charge in [-0.2, -0.15) is 0 Å². The molecule has 0 saturated carbocycles. The zero-order chi connectivity index (χ0) is 14.9. The van der Waals surface area contributed by atoms with Gasteiger partial charge < -0.3 is 9.84 Å². The number of methoxy groups -OCH3 is 1. The summed E-state index contributed by atoms with van der Waals surface area (Å²) in [6.45, 7) is 6.13. The zero-order valence-corrected chi connectivity index (χ0v) is 13.0. The number of benzene rings is 2. The van der Waals surface area contributed by atoms with E-state index in [1.807, 2.05) is 25.1 Å². The van der Waals surface area contributed by atoms with Crippen LogP contribution in [0.4, 0.5) is 0 Å². The molecule has 2 rings (SSSR count). The van der Waals surface area contributed by atoms with Crippen molar-refractivity contribution in [1.82, 2.24) is 0 Å². The summed E-state index contributed by atoms with van der Waals surface area (Å²) in [5.41, 5.74) is 3.60. The topological polar surface area (TPSA) is 29.5 Å². The van der Waals surface area contributed by atoms with Crippen LogP contribution in [-0.2, 0) is 0 Å². The third-order valence-corrected chi connectivity index (χ3v) is 3.86. The van der Waals surface area contributed by atoms with Crippen LogP contribution in [0, 0.1) is 6.92 Å². The maximum Gasteiger partial charge on any atom is 0.126 e. The Morgan fingerprint density at radius 3 is 2.40 bits per heavy atom. The van der Waals surface area contributed by atoms with E-state index in [0.717, 1.165) is 16.9 Å². The highest BCUT2D eigenvalue weighted by atomic mass is 35.5. The molecule has 0 amide bonds. The van der Waals surface area contributed by atoms with Crippen molar-refractivity contribution in [3.63, 3.8) is 0 Å². The Kier molecular flexibility index (Phi) is 4.24. The number of hydrogen-bond donors (Lipinski definition) is 1. The lowest BCUT2D eigenvalue weighted by atomic mass is 9.95. The summed E-state index contributed by atoms with van der Waals surface area (Å²) in [6.07, 6.45) is 0. The van der Waals surface area contributed by atoms with Gasteiger partial charge in [0.25, 0.3) is 0 Å². The second-order valence-electron chi connectivity index (χ2n) is 5.23. The molecule has 2 aromatic carbocycles. The minimum absolute atomic E-state index is 0.214. The number of rotatable bonds is 3. The van der Waals surface area contributed by atoms with Gasteiger partial charge in [-0.15, -0.1) is 0 Å². The first-order chi connectivity index (χ1) is 9.43. The third-order valence-electron chi connectivity index (χ3n) is 3.46. The van der Waals surface area contributed by atoms with E-state index < -0.39 is 0 Å². The molecule has 0 aliphatic carbocycles. The molecule has 0 fully saturated rings. The normalized spacial score (nSPS) is 10.9. The Morgan fingerprint density at radius 1 is 1.10 bits per heavy atom. The molecule has 20 heavy (non-hydrogen) atoms. The Balaban J connectivity index is 2.67. The summed E-state index contributed by atoms with van der Waals surface area (Å²) in [6, 6.07) is 9.48. The van der Waals surface area contributed by atoms with Gasteiger partial charge in [-0.1, -0.05) is 31.5 Å². The molecule has 2 nitrogen and oxygen atoms in total. The summed E-state index contributed by atoms with van der Waals surface area (Å²) < 4.78 is 5.41. The Morgan fingerprint density at radius 2 is 1.80 bits per heavy atom. The van der Waals surface area contributed by atoms with Crippen molar-refractivity contribution in [3.05, 3.63) is 46.5 Å². The van der Waals surface area contributed by atoms with Crippen LogP contribution in [0.15, 0.2) is 30.3 Å². The minimum Gasteiger partial charge on any atom is -0.507 e. The number of ether oxygens (including phenoxy) is 1. The van der Waals surface area contributed by atoms with Gasteiger partial charge in [-0.3, -0.25) is 0 Å². The van der Waals surface area contributed by atoms with E-state index in [1.54, 1.807) is 19.2 Å². The van der Waals surface area contributed by atoms with E-state index in [0.29, 0.717) is 16.5 Å². The molecule has 1 N–H and O–H groups in total. The molecule has 0 radical (unpaired) electrons. The molecular formula is C17H19ClO2. The van der Waals surface area contributed by atoms with Gasteiger partial charge in [0, 0.05) is 16.1 Å². The smallest absolute Gasteiger partial charge is 0.126 e. The van der Waals surface area contributed by atoms with Gasteiger partial charge in [0.2, 0.25) is 0 Å². The maximum absolute atomic E-state index is 10.2. The van der Waals surface area contributed by atoms with Gasteiger partial charge in [-0.05, 0) is 48.2 Å². The minimum atomic E-state index is 0.214. The lowest BCUT2D eigenvalue weighted by Crippen LogP contribution is -1.93. The number of phenolic OH excluding ortho intramolecular Hbond substituents is 1. The largest absolute Gasteiger partial charge is 0.507 e. The van der Waals surface area contributed by atoms with Crippen LogP contribution in [0.25, 0.3) is 11.1 Å². The third kappa shape index (κ3) is 2.75. The average Bonchev–Trinajstić information content (AvgIpc) is 2.42. The first kappa shape index (κ1) is 14.7. The van der Waals surface area contributed by atoms with Crippen LogP contribution < -0.4 is 4.74 Å². The van der Waals surface area contributed by atoms with Crippen LogP contribution in [0.2, 0.25) is 5.02 Å². The lowest BCUT2D eigenvalue weighted by molar-refractivity contribution is 0.415. The molecule has 0 aliphatic heterocycles. The monoisotopic (exact) mass is 290 g/mol. The van der Waals surface area contributed by atoms with Crippen molar-refractivity contribution in [1.29, 1.82) is 0 Å². The molecule has 0 atom stereocenters. The zero-order valence-electron chi connectivity index (χ0n) is 12.2. The molecule has 0 saturated heterocycles. The Labute approximate surface area is 125 Å². The van der Waals surface area contributed by atoms with Gasteiger partial charge in [0.1, 0.15) is 11.5 Å². The molecule has 0 unspecified atom stereocenters. The van der Waals surface area contributed by atoms with Gasteiger partial charge in [0.05, 0.1) is 7.11 Å². The first-order valence-corrected chi connectivity index (χ1v) is 6.99. The highest BCUT2D eigenvalue weighted by Gasteiger charge is 2.14. The average molecular weight is 291 g/mol. The summed E-state index contributed by atoms with van der Waals surface area (Å²) >= 11 is 6.18. The van der Waals surface area contributed by atoms with E-state index in [4.69, 9.17) is 16.3 Å².